The molecule has 1 atom stereocenters. The molecule has 4 nitrogen and oxygen atoms in total. The smallest absolute Gasteiger partial charge is 0.372 e. The van der Waals surface area contributed by atoms with Gasteiger partial charge < -0.3 is 9.80 Å². The van der Waals surface area contributed by atoms with Crippen molar-refractivity contribution >= 4 is 58.0 Å². The van der Waals surface area contributed by atoms with Gasteiger partial charge in [0.05, 0.1) is 11.8 Å². The predicted octanol–water partition coefficient (Wildman–Crippen LogP) is 10.8. The van der Waals surface area contributed by atoms with Crippen LogP contribution < -0.4 is 9.80 Å². The fraction of sp³-hybridized carbons (Fsp3) is 0.348. The maximum Gasteiger partial charge on any atom is 0.425 e. The summed E-state index contributed by atoms with van der Waals surface area (Å²) in [5.74, 6) is 1.32. The molecule has 4 aliphatic heterocycles. The summed E-state index contributed by atoms with van der Waals surface area (Å²) in [6.07, 6.45) is 17.6. The molecule has 0 radical (unpaired) electrons. The number of hydrogen-bond donors (Lipinski definition) is 0. The summed E-state index contributed by atoms with van der Waals surface area (Å²) >= 11 is 6.71. The molecule has 1 unspecified atom stereocenters. The second kappa shape index (κ2) is 14.3. The van der Waals surface area contributed by atoms with Crippen LogP contribution in [0, 0.1) is 0 Å². The number of anilines is 2. The first kappa shape index (κ1) is 33.7. The van der Waals surface area contributed by atoms with Crippen LogP contribution in [-0.4, -0.2) is 52.9 Å². The first-order valence-electron chi connectivity index (χ1n) is 19.2. The van der Waals surface area contributed by atoms with Crippen molar-refractivity contribution in [3.8, 4) is 0 Å². The Morgan fingerprint density at radius 2 is 1.35 bits per heavy atom. The molecule has 0 saturated carbocycles. The van der Waals surface area contributed by atoms with Gasteiger partial charge in [0, 0.05) is 78.3 Å². The van der Waals surface area contributed by atoms with Gasteiger partial charge in [-0.3, -0.25) is 0 Å². The molecule has 4 aromatic carbocycles. The average Bonchev–Trinajstić information content (AvgIpc) is 3.97. The lowest BCUT2D eigenvalue weighted by Crippen LogP contribution is -2.35. The first-order chi connectivity index (χ1) is 24.9. The lowest BCUT2D eigenvalue weighted by Gasteiger charge is -2.17. The van der Waals surface area contributed by atoms with Gasteiger partial charge in [0.1, 0.15) is 0 Å². The maximum atomic E-state index is 6.71. The summed E-state index contributed by atoms with van der Waals surface area (Å²) in [6.45, 7) is 11.7. The second-order valence-corrected chi connectivity index (χ2v) is 15.6. The highest BCUT2D eigenvalue weighted by molar-refractivity contribution is 6.30. The predicted molar refractivity (Wildman–Crippen MR) is 217 cm³/mol. The van der Waals surface area contributed by atoms with Crippen molar-refractivity contribution in [1.29, 1.82) is 0 Å². The molecule has 4 aromatic rings. The molecule has 51 heavy (non-hydrogen) atoms. The molecule has 2 fully saturated rings. The minimum atomic E-state index is -0.243. The number of halogens is 1. The van der Waals surface area contributed by atoms with E-state index in [2.05, 4.69) is 155 Å². The summed E-state index contributed by atoms with van der Waals surface area (Å²) in [5.41, 5.74) is 11.4. The van der Waals surface area contributed by atoms with Crippen molar-refractivity contribution in [2.24, 2.45) is 0 Å². The van der Waals surface area contributed by atoms with Gasteiger partial charge in [-0.25, -0.2) is 0 Å². The van der Waals surface area contributed by atoms with E-state index in [0.717, 1.165) is 37.4 Å². The summed E-state index contributed by atoms with van der Waals surface area (Å²) in [7, 11) is 0. The van der Waals surface area contributed by atoms with E-state index in [9.17, 15) is 0 Å². The lowest BCUT2D eigenvalue weighted by molar-refractivity contribution is -0.516. The normalized spacial score (nSPS) is 20.7. The molecule has 0 bridgehead atoms. The summed E-state index contributed by atoms with van der Waals surface area (Å²) in [4.78, 5) is 5.00. The lowest BCUT2D eigenvalue weighted by atomic mass is 9.81. The molecule has 4 aliphatic rings. The molecule has 8 rings (SSSR count). The highest BCUT2D eigenvalue weighted by Crippen LogP contribution is 2.43. The van der Waals surface area contributed by atoms with Gasteiger partial charge in [-0.15, -0.1) is 9.15 Å². The van der Waals surface area contributed by atoms with Crippen molar-refractivity contribution in [2.45, 2.75) is 77.2 Å². The average molecular weight is 695 g/mol. The Balaban J connectivity index is 1.23. The zero-order chi connectivity index (χ0) is 35.0. The van der Waals surface area contributed by atoms with E-state index in [1.54, 1.807) is 0 Å². The van der Waals surface area contributed by atoms with E-state index in [-0.39, 0.29) is 11.5 Å². The number of amidine groups is 1. The second-order valence-electron chi connectivity index (χ2n) is 15.2. The Bertz CT molecular complexity index is 2020. The molecule has 2 saturated heterocycles. The van der Waals surface area contributed by atoms with Gasteiger partial charge in [-0.1, -0.05) is 67.1 Å². The van der Waals surface area contributed by atoms with Gasteiger partial charge in [0.25, 0.3) is 0 Å². The molecule has 0 aromatic heterocycles. The monoisotopic (exact) mass is 694 g/mol. The van der Waals surface area contributed by atoms with E-state index in [1.807, 2.05) is 0 Å². The van der Waals surface area contributed by atoms with Crippen LogP contribution in [0.15, 0.2) is 103 Å². The van der Waals surface area contributed by atoms with E-state index < -0.39 is 0 Å². The largest absolute Gasteiger partial charge is 0.425 e. The quantitative estimate of drug-likeness (QED) is 0.134. The van der Waals surface area contributed by atoms with Gasteiger partial charge >= 0.3 is 5.84 Å². The Kier molecular flexibility index (Phi) is 9.46. The van der Waals surface area contributed by atoms with Crippen molar-refractivity contribution in [3.63, 3.8) is 0 Å². The third-order valence-electron chi connectivity index (χ3n) is 11.4. The van der Waals surface area contributed by atoms with Crippen molar-refractivity contribution in [1.82, 2.24) is 0 Å². The number of nitrogens with zero attached hydrogens (tertiary/aromatic N) is 4. The van der Waals surface area contributed by atoms with Crippen LogP contribution in [0.4, 0.5) is 22.7 Å². The molecule has 0 aliphatic carbocycles. The number of para-hydroxylation sites is 1. The Morgan fingerprint density at radius 1 is 0.745 bits per heavy atom. The topological polar surface area (TPSA) is 12.5 Å². The van der Waals surface area contributed by atoms with Crippen molar-refractivity contribution in [2.75, 3.05) is 36.0 Å². The Labute approximate surface area is 309 Å². The van der Waals surface area contributed by atoms with Crippen LogP contribution in [-0.2, 0) is 11.8 Å². The molecule has 0 N–H and O–H groups in total. The number of allylic oxidation sites excluding steroid dienone is 1. The SMILES string of the molecule is CCCC([N+]1=C(/C=C/c2ccc(N3CCCC3)cc2)C(C)(C)c2cc(Cl)ccc21)=[N+]1c2ccccc2CC1/C=C/c1ccc(N2CCCC2)cc1. The van der Waals surface area contributed by atoms with Crippen LogP contribution in [0.3, 0.4) is 0 Å². The molecule has 5 heteroatoms. The molecule has 0 spiro atoms. The van der Waals surface area contributed by atoms with Crippen LogP contribution >= 0.6 is 11.6 Å². The van der Waals surface area contributed by atoms with Crippen molar-refractivity contribution < 1.29 is 9.15 Å². The van der Waals surface area contributed by atoms with E-state index in [4.69, 9.17) is 11.6 Å². The molecular formula is C46H51ClN4+2. The minimum Gasteiger partial charge on any atom is -0.372 e. The van der Waals surface area contributed by atoms with Gasteiger partial charge in [0.15, 0.2) is 6.04 Å². The third-order valence-corrected chi connectivity index (χ3v) is 11.7. The molecule has 4 heterocycles. The number of rotatable bonds is 8. The zero-order valence-corrected chi connectivity index (χ0v) is 31.2. The van der Waals surface area contributed by atoms with Gasteiger partial charge in [-0.2, -0.15) is 0 Å². The standard InChI is InChI=1S/C46H51ClN4/c1-4-11-45(50-40(32-36-12-5-6-13-42(36)50)25-18-34-14-21-38(22-15-34)48-28-7-8-29-48)51-43-26-20-37(47)33-41(43)46(2,3)44(51)27-19-35-16-23-39(24-17-35)49-30-9-10-31-49/h5-6,12-27,33,40H,4,7-11,28-32H2,1-3H3/q+2/b25-18+. The van der Waals surface area contributed by atoms with Crippen LogP contribution in [0.1, 0.15) is 81.5 Å². The maximum absolute atomic E-state index is 6.71. The molecular weight excluding hydrogens is 644 g/mol. The van der Waals surface area contributed by atoms with E-state index >= 15 is 0 Å². The van der Waals surface area contributed by atoms with E-state index in [0.29, 0.717) is 0 Å². The van der Waals surface area contributed by atoms with Gasteiger partial charge in [-0.05, 0) is 106 Å². The van der Waals surface area contributed by atoms with Crippen molar-refractivity contribution in [3.05, 3.63) is 130 Å². The number of hydrogen-bond acceptors (Lipinski definition) is 2. The fourth-order valence-electron chi connectivity index (χ4n) is 8.71. The highest BCUT2D eigenvalue weighted by Gasteiger charge is 2.51. The summed E-state index contributed by atoms with van der Waals surface area (Å²) < 4.78 is 5.20. The minimum absolute atomic E-state index is 0.199. The zero-order valence-electron chi connectivity index (χ0n) is 30.5. The molecule has 0 amide bonds. The molecule has 260 valence electrons. The van der Waals surface area contributed by atoms with E-state index in [1.165, 1.54) is 95.3 Å². The first-order valence-corrected chi connectivity index (χ1v) is 19.6. The Morgan fingerprint density at radius 3 is 1.98 bits per heavy atom. The van der Waals surface area contributed by atoms with Crippen LogP contribution in [0.25, 0.3) is 12.2 Å². The summed E-state index contributed by atoms with van der Waals surface area (Å²) in [5, 5.41) is 0.782. The Hall–Kier alpha value is -4.41. The highest BCUT2D eigenvalue weighted by atomic mass is 35.5. The number of fused-ring (bicyclic) bond motifs is 2. The third kappa shape index (κ3) is 6.60. The fourth-order valence-corrected chi connectivity index (χ4v) is 8.89. The number of benzene rings is 4. The summed E-state index contributed by atoms with van der Waals surface area (Å²) in [6, 6.07) is 33.9. The van der Waals surface area contributed by atoms with Gasteiger partial charge in [0.2, 0.25) is 17.1 Å². The van der Waals surface area contributed by atoms with Crippen LogP contribution in [0.5, 0.6) is 0 Å². The van der Waals surface area contributed by atoms with Crippen LogP contribution in [0.2, 0.25) is 5.02 Å².